The second kappa shape index (κ2) is 3.82. The first-order valence-electron chi connectivity index (χ1n) is 4.80. The van der Waals surface area contributed by atoms with Gasteiger partial charge in [0.15, 0.2) is 0 Å². The van der Waals surface area contributed by atoms with Crippen LogP contribution in [0.5, 0.6) is 0 Å². The number of nitrogens with zero attached hydrogens (tertiary/aromatic N) is 3. The van der Waals surface area contributed by atoms with E-state index < -0.39 is 0 Å². The first-order valence-corrected chi connectivity index (χ1v) is 4.80. The minimum absolute atomic E-state index is 0.0298. The largest absolute Gasteiger partial charge is 0.392 e. The predicted octanol–water partition coefficient (Wildman–Crippen LogP) is 1.38. The van der Waals surface area contributed by atoms with Gasteiger partial charge in [-0.3, -0.25) is 4.57 Å². The fraction of sp³-hybridized carbons (Fsp3) is 0.273. The molecule has 0 saturated carbocycles. The molecule has 1 N–H and O–H groups in total. The summed E-state index contributed by atoms with van der Waals surface area (Å²) < 4.78 is 1.91. The molecule has 0 aromatic carbocycles. The molecule has 0 fully saturated rings. The normalized spacial score (nSPS) is 10.6. The highest BCUT2D eigenvalue weighted by Gasteiger charge is 2.04. The van der Waals surface area contributed by atoms with Gasteiger partial charge in [0.2, 0.25) is 0 Å². The molecule has 0 amide bonds. The number of aliphatic hydroxyl groups excluding tert-OH is 1. The zero-order valence-electron chi connectivity index (χ0n) is 8.81. The van der Waals surface area contributed by atoms with Crippen molar-refractivity contribution >= 4 is 0 Å². The number of rotatable bonds is 2. The number of aryl methyl sites for hydroxylation is 2. The quantitative estimate of drug-likeness (QED) is 0.802. The molecule has 2 heterocycles. The topological polar surface area (TPSA) is 50.9 Å². The first-order chi connectivity index (χ1) is 7.22. The fourth-order valence-electron chi connectivity index (χ4n) is 1.50. The summed E-state index contributed by atoms with van der Waals surface area (Å²) in [5, 5.41) is 9.04. The van der Waals surface area contributed by atoms with Crippen molar-refractivity contribution in [1.29, 1.82) is 0 Å². The van der Waals surface area contributed by atoms with Crippen LogP contribution in [0, 0.1) is 13.8 Å². The summed E-state index contributed by atoms with van der Waals surface area (Å²) in [5.41, 5.74) is 1.71. The molecule has 0 radical (unpaired) electrons. The molecular formula is C11H13N3O. The van der Waals surface area contributed by atoms with Gasteiger partial charge in [-0.05, 0) is 25.5 Å². The molecule has 0 saturated heterocycles. The van der Waals surface area contributed by atoms with E-state index in [1.807, 2.05) is 36.7 Å². The van der Waals surface area contributed by atoms with Crippen LogP contribution in [0.3, 0.4) is 0 Å². The SMILES string of the molecule is Cc1nc(-n2ccnc2C)ccc1CO. The van der Waals surface area contributed by atoms with Crippen molar-refractivity contribution in [2.24, 2.45) is 0 Å². The van der Waals surface area contributed by atoms with Crippen molar-refractivity contribution in [3.05, 3.63) is 41.6 Å². The molecule has 4 heteroatoms. The van der Waals surface area contributed by atoms with E-state index in [0.717, 1.165) is 22.9 Å². The first kappa shape index (κ1) is 9.86. The van der Waals surface area contributed by atoms with Gasteiger partial charge in [0.25, 0.3) is 0 Å². The number of imidazole rings is 1. The minimum atomic E-state index is 0.0298. The monoisotopic (exact) mass is 203 g/mol. The van der Waals surface area contributed by atoms with Crippen molar-refractivity contribution in [2.75, 3.05) is 0 Å². The summed E-state index contributed by atoms with van der Waals surface area (Å²) in [5.74, 6) is 1.73. The molecule has 4 nitrogen and oxygen atoms in total. The zero-order chi connectivity index (χ0) is 10.8. The van der Waals surface area contributed by atoms with Crippen LogP contribution in [0.25, 0.3) is 5.82 Å². The molecule has 2 rings (SSSR count). The van der Waals surface area contributed by atoms with E-state index in [4.69, 9.17) is 5.11 Å². The van der Waals surface area contributed by atoms with E-state index in [1.165, 1.54) is 0 Å². The molecule has 15 heavy (non-hydrogen) atoms. The van der Waals surface area contributed by atoms with Gasteiger partial charge in [-0.25, -0.2) is 9.97 Å². The van der Waals surface area contributed by atoms with Crippen molar-refractivity contribution in [1.82, 2.24) is 14.5 Å². The molecule has 0 unspecified atom stereocenters. The van der Waals surface area contributed by atoms with Gasteiger partial charge in [-0.15, -0.1) is 0 Å². The van der Waals surface area contributed by atoms with Gasteiger partial charge in [-0.1, -0.05) is 6.07 Å². The summed E-state index contributed by atoms with van der Waals surface area (Å²) in [7, 11) is 0. The lowest BCUT2D eigenvalue weighted by Crippen LogP contribution is -2.02. The van der Waals surface area contributed by atoms with Gasteiger partial charge in [0.05, 0.1) is 6.61 Å². The highest BCUT2D eigenvalue weighted by molar-refractivity contribution is 5.30. The van der Waals surface area contributed by atoms with E-state index in [2.05, 4.69) is 9.97 Å². The molecule has 78 valence electrons. The van der Waals surface area contributed by atoms with E-state index in [1.54, 1.807) is 6.20 Å². The van der Waals surface area contributed by atoms with Crippen LogP contribution in [0.2, 0.25) is 0 Å². The zero-order valence-corrected chi connectivity index (χ0v) is 8.81. The third kappa shape index (κ3) is 1.76. The molecule has 2 aromatic rings. The lowest BCUT2D eigenvalue weighted by atomic mass is 10.2. The Bertz CT molecular complexity index is 476. The Balaban J connectivity index is 2.47. The lowest BCUT2D eigenvalue weighted by molar-refractivity contribution is 0.280. The van der Waals surface area contributed by atoms with E-state index in [0.29, 0.717) is 0 Å². The summed E-state index contributed by atoms with van der Waals surface area (Å²) in [4.78, 5) is 8.55. The highest BCUT2D eigenvalue weighted by atomic mass is 16.3. The fourth-order valence-corrected chi connectivity index (χ4v) is 1.50. The highest BCUT2D eigenvalue weighted by Crippen LogP contribution is 2.11. The van der Waals surface area contributed by atoms with Crippen LogP contribution in [0.1, 0.15) is 17.1 Å². The minimum Gasteiger partial charge on any atom is -0.392 e. The predicted molar refractivity (Wildman–Crippen MR) is 56.8 cm³/mol. The third-order valence-corrected chi connectivity index (χ3v) is 2.42. The maximum Gasteiger partial charge on any atom is 0.138 e. The Labute approximate surface area is 88.2 Å². The second-order valence-electron chi connectivity index (χ2n) is 3.42. The van der Waals surface area contributed by atoms with Crippen molar-refractivity contribution < 1.29 is 5.11 Å². The Kier molecular flexibility index (Phi) is 2.51. The van der Waals surface area contributed by atoms with Gasteiger partial charge < -0.3 is 5.11 Å². The van der Waals surface area contributed by atoms with Crippen LogP contribution in [-0.2, 0) is 6.61 Å². The maximum atomic E-state index is 9.04. The van der Waals surface area contributed by atoms with Crippen LogP contribution in [0.15, 0.2) is 24.5 Å². The molecule has 0 spiro atoms. The van der Waals surface area contributed by atoms with Crippen LogP contribution in [0.4, 0.5) is 0 Å². The van der Waals surface area contributed by atoms with E-state index in [-0.39, 0.29) is 6.61 Å². The van der Waals surface area contributed by atoms with Crippen LogP contribution in [-0.4, -0.2) is 19.6 Å². The van der Waals surface area contributed by atoms with Crippen LogP contribution >= 0.6 is 0 Å². The van der Waals surface area contributed by atoms with Gasteiger partial charge >= 0.3 is 0 Å². The second-order valence-corrected chi connectivity index (χ2v) is 3.42. The molecule has 0 bridgehead atoms. The summed E-state index contributed by atoms with van der Waals surface area (Å²) in [6.07, 6.45) is 3.61. The van der Waals surface area contributed by atoms with Crippen molar-refractivity contribution in [2.45, 2.75) is 20.5 Å². The molecule has 2 aromatic heterocycles. The van der Waals surface area contributed by atoms with E-state index in [9.17, 15) is 0 Å². The summed E-state index contributed by atoms with van der Waals surface area (Å²) in [6.45, 7) is 3.85. The average Bonchev–Trinajstić information content (AvgIpc) is 2.64. The Morgan fingerprint density at radius 1 is 1.33 bits per heavy atom. The lowest BCUT2D eigenvalue weighted by Gasteiger charge is -2.07. The standard InChI is InChI=1S/C11H13N3O/c1-8-10(7-15)3-4-11(13-8)14-6-5-12-9(14)2/h3-6,15H,7H2,1-2H3. The van der Waals surface area contributed by atoms with Gasteiger partial charge in [0.1, 0.15) is 11.6 Å². The van der Waals surface area contributed by atoms with Crippen molar-refractivity contribution in [3.8, 4) is 5.82 Å². The van der Waals surface area contributed by atoms with Crippen LogP contribution < -0.4 is 0 Å². The molecular weight excluding hydrogens is 190 g/mol. The van der Waals surface area contributed by atoms with Gasteiger partial charge in [0, 0.05) is 18.1 Å². The Morgan fingerprint density at radius 2 is 2.13 bits per heavy atom. The molecule has 0 aliphatic heterocycles. The number of aromatic nitrogens is 3. The summed E-state index contributed by atoms with van der Waals surface area (Å²) >= 11 is 0. The van der Waals surface area contributed by atoms with Crippen molar-refractivity contribution in [3.63, 3.8) is 0 Å². The number of aliphatic hydroxyl groups is 1. The average molecular weight is 203 g/mol. The summed E-state index contributed by atoms with van der Waals surface area (Å²) in [6, 6.07) is 3.77. The van der Waals surface area contributed by atoms with Gasteiger partial charge in [-0.2, -0.15) is 0 Å². The third-order valence-electron chi connectivity index (χ3n) is 2.42. The van der Waals surface area contributed by atoms with E-state index >= 15 is 0 Å². The smallest absolute Gasteiger partial charge is 0.138 e. The number of hydrogen-bond acceptors (Lipinski definition) is 3. The number of hydrogen-bond donors (Lipinski definition) is 1. The maximum absolute atomic E-state index is 9.04. The molecule has 0 atom stereocenters. The Hall–Kier alpha value is -1.68. The number of pyridine rings is 1. The Morgan fingerprint density at radius 3 is 2.67 bits per heavy atom. The molecule has 0 aliphatic carbocycles. The molecule has 0 aliphatic rings.